The van der Waals surface area contributed by atoms with Gasteiger partial charge in [-0.05, 0) is 0 Å². The van der Waals surface area contributed by atoms with Gasteiger partial charge in [-0.2, -0.15) is 0 Å². The minimum Gasteiger partial charge on any atom is -0.427 e. The topological polar surface area (TPSA) is 34.1 Å². The van der Waals surface area contributed by atoms with Crippen molar-refractivity contribution in [2.24, 2.45) is 0 Å². The minimum absolute atomic E-state index is 0. The van der Waals surface area contributed by atoms with Crippen LogP contribution in [0.1, 0.15) is 0 Å². The fraction of sp³-hybridized carbons (Fsp3) is 0. The van der Waals surface area contributed by atoms with Gasteiger partial charge < -0.3 is 8.42 Å². The van der Waals surface area contributed by atoms with Gasteiger partial charge in [0.1, 0.15) is 0 Å². The Morgan fingerprint density at radius 3 is 1.20 bits per heavy atom. The van der Waals surface area contributed by atoms with Gasteiger partial charge in [-0.25, -0.2) is 0 Å². The largest absolute Gasteiger partial charge is 0.427 e. The number of hydrogen-bond acceptors (Lipinski definition) is 3. The standard InChI is InChI=1S/Co.Ni.HO2S/c;;1-3-2/h;;3H/q;;-1. The fourth-order valence-corrected chi connectivity index (χ4v) is 0. The number of hydrogen-bond donors (Lipinski definition) is 0. The molecule has 2 nitrogen and oxygen atoms in total. The van der Waals surface area contributed by atoms with E-state index in [1.165, 1.54) is 0 Å². The van der Waals surface area contributed by atoms with Crippen LogP contribution in [-0.4, -0.2) is 0 Å². The van der Waals surface area contributed by atoms with Crippen molar-refractivity contribution in [1.29, 1.82) is 0 Å². The molecule has 0 amide bonds. The summed E-state index contributed by atoms with van der Waals surface area (Å²) in [4.78, 5) is 0. The van der Waals surface area contributed by atoms with Crippen LogP contribution in [-0.2, 0) is 53.3 Å². The third kappa shape index (κ3) is 47.7. The summed E-state index contributed by atoms with van der Waals surface area (Å²) in [7, 11) is 0. The third-order valence-electron chi connectivity index (χ3n) is 0. The molecule has 5 heavy (non-hydrogen) atoms. The molecule has 0 fully saturated rings. The molecule has 0 heterocycles. The van der Waals surface area contributed by atoms with Crippen molar-refractivity contribution in [2.45, 2.75) is 0 Å². The molecule has 0 aliphatic rings. The first-order valence-electron chi connectivity index (χ1n) is 0.365. The quantitative estimate of drug-likeness (QED) is 0.287. The van der Waals surface area contributed by atoms with E-state index in [9.17, 15) is 0 Å². The predicted molar refractivity (Wildman–Crippen MR) is 10.1 cm³/mol. The van der Waals surface area contributed by atoms with E-state index in [1.807, 2.05) is 0 Å². The van der Waals surface area contributed by atoms with E-state index in [1.54, 1.807) is 0 Å². The SMILES string of the molecule is O=[SH-]=O.[Co].[Ni]. The summed E-state index contributed by atoms with van der Waals surface area (Å²) in [5.41, 5.74) is 0. The summed E-state index contributed by atoms with van der Waals surface area (Å²) in [6.45, 7) is 0. The second kappa shape index (κ2) is 20.3. The molecule has 0 aliphatic heterocycles. The maximum absolute atomic E-state index is 8.35. The molecule has 39 valence electrons. The minimum atomic E-state index is -1.08. The molecular formula is HCoNiO2S-. The van der Waals surface area contributed by atoms with Crippen LogP contribution in [0.3, 0.4) is 0 Å². The summed E-state index contributed by atoms with van der Waals surface area (Å²) in [6, 6.07) is 0. The van der Waals surface area contributed by atoms with Crippen molar-refractivity contribution in [3.05, 3.63) is 0 Å². The predicted octanol–water partition coefficient (Wildman–Crippen LogP) is -0.513. The van der Waals surface area contributed by atoms with E-state index in [-0.39, 0.29) is 33.3 Å². The third-order valence-corrected chi connectivity index (χ3v) is 0. The molecule has 0 spiro atoms. The van der Waals surface area contributed by atoms with Crippen molar-refractivity contribution in [3.63, 3.8) is 0 Å². The van der Waals surface area contributed by atoms with Crippen molar-refractivity contribution in [2.75, 3.05) is 0 Å². The molecule has 0 saturated carbocycles. The average Bonchev–Trinajstić information content (AvgIpc) is 0.918. The summed E-state index contributed by atoms with van der Waals surface area (Å²) >= 11 is -1.08. The number of thiol groups is 1. The Hall–Kier alpha value is 0.950. The van der Waals surface area contributed by atoms with Crippen LogP contribution >= 0.6 is 0 Å². The van der Waals surface area contributed by atoms with Gasteiger partial charge in [0.2, 0.25) is 0 Å². The summed E-state index contributed by atoms with van der Waals surface area (Å²) in [5.74, 6) is 0. The number of rotatable bonds is 0. The Bertz CT molecular complexity index is 30.6. The molecule has 0 aliphatic carbocycles. The summed E-state index contributed by atoms with van der Waals surface area (Å²) < 4.78 is 16.7. The van der Waals surface area contributed by atoms with E-state index in [0.29, 0.717) is 0 Å². The van der Waals surface area contributed by atoms with Crippen LogP contribution < -0.4 is 0 Å². The maximum Gasteiger partial charge on any atom is 0 e. The molecule has 5 heteroatoms. The first-order valence-corrected chi connectivity index (χ1v) is 1.10. The molecule has 1 radical (unpaired) electrons. The molecule has 0 unspecified atom stereocenters. The Morgan fingerprint density at radius 1 is 1.20 bits per heavy atom. The molecule has 0 N–H and O–H groups in total. The zero-order chi connectivity index (χ0) is 2.71. The van der Waals surface area contributed by atoms with Gasteiger partial charge in [0.25, 0.3) is 0 Å². The molecule has 0 aromatic heterocycles. The molecule has 0 rings (SSSR count). The van der Waals surface area contributed by atoms with Crippen molar-refractivity contribution in [3.8, 4) is 0 Å². The van der Waals surface area contributed by atoms with E-state index in [2.05, 4.69) is 0 Å². The normalized spacial score (nSPS) is 3.20. The molecule has 0 aromatic carbocycles. The van der Waals surface area contributed by atoms with Gasteiger partial charge in [-0.3, -0.25) is 0 Å². The van der Waals surface area contributed by atoms with E-state index in [4.69, 9.17) is 8.42 Å². The first-order chi connectivity index (χ1) is 1.41. The van der Waals surface area contributed by atoms with Crippen LogP contribution in [0.4, 0.5) is 0 Å². The van der Waals surface area contributed by atoms with Gasteiger partial charge in [0.05, 0.1) is 0 Å². The molecule has 0 atom stereocenters. The fourth-order valence-electron chi connectivity index (χ4n) is 0. The second-order valence-electron chi connectivity index (χ2n) is 0.0745. The van der Waals surface area contributed by atoms with Crippen LogP contribution in [0.2, 0.25) is 0 Å². The van der Waals surface area contributed by atoms with Crippen LogP contribution in [0, 0.1) is 0 Å². The van der Waals surface area contributed by atoms with E-state index >= 15 is 0 Å². The molecule has 0 bridgehead atoms. The van der Waals surface area contributed by atoms with Crippen molar-refractivity contribution >= 4 is 11.6 Å². The average molecular weight is 183 g/mol. The molecule has 0 aromatic rings. The van der Waals surface area contributed by atoms with Gasteiger partial charge >= 0.3 is 0 Å². The van der Waals surface area contributed by atoms with E-state index < -0.39 is 11.6 Å². The van der Waals surface area contributed by atoms with E-state index in [0.717, 1.165) is 0 Å². The summed E-state index contributed by atoms with van der Waals surface area (Å²) in [6.07, 6.45) is 0. The Labute approximate surface area is 53.4 Å². The summed E-state index contributed by atoms with van der Waals surface area (Å²) in [5, 5.41) is 0. The molecular weight excluding hydrogens is 182 g/mol. The van der Waals surface area contributed by atoms with Gasteiger partial charge in [-0.15, -0.1) is 0 Å². The van der Waals surface area contributed by atoms with Gasteiger partial charge in [0, 0.05) is 33.3 Å². The first kappa shape index (κ1) is 16.8. The zero-order valence-corrected chi connectivity index (χ0v) is 4.84. The van der Waals surface area contributed by atoms with Crippen molar-refractivity contribution < 1.29 is 41.7 Å². The Kier molecular flexibility index (Phi) is 68.1. The van der Waals surface area contributed by atoms with Crippen LogP contribution in [0.5, 0.6) is 0 Å². The Morgan fingerprint density at radius 2 is 1.20 bits per heavy atom. The van der Waals surface area contributed by atoms with Gasteiger partial charge in [-0.1, -0.05) is 11.6 Å². The Balaban J connectivity index is -0.0000000200. The van der Waals surface area contributed by atoms with Gasteiger partial charge in [0.15, 0.2) is 0 Å². The van der Waals surface area contributed by atoms with Crippen LogP contribution in [0.25, 0.3) is 0 Å². The second-order valence-corrected chi connectivity index (χ2v) is 0.224. The maximum atomic E-state index is 8.35. The zero-order valence-electron chi connectivity index (χ0n) is 1.91. The van der Waals surface area contributed by atoms with Crippen LogP contribution in [0.15, 0.2) is 0 Å². The van der Waals surface area contributed by atoms with Crippen molar-refractivity contribution in [1.82, 2.24) is 0 Å². The molecule has 0 saturated heterocycles. The monoisotopic (exact) mass is 182 g/mol. The smallest absolute Gasteiger partial charge is 0 e.